The number of urea groups is 1. The highest BCUT2D eigenvalue weighted by atomic mass is 16.5. The number of carbonyl (C=O) groups is 1. The number of rotatable bonds is 6. The van der Waals surface area contributed by atoms with Crippen molar-refractivity contribution in [3.05, 3.63) is 12.2 Å². The number of nitrogens with zero attached hydrogens (tertiary/aromatic N) is 4. The summed E-state index contributed by atoms with van der Waals surface area (Å²) < 4.78 is 13.1. The number of ether oxygens (including phenoxy) is 2. The summed E-state index contributed by atoms with van der Waals surface area (Å²) in [6, 6.07) is 0.00200. The van der Waals surface area contributed by atoms with E-state index in [2.05, 4.69) is 15.5 Å². The lowest BCUT2D eigenvalue weighted by Crippen LogP contribution is -2.44. The molecule has 25 heavy (non-hydrogen) atoms. The first kappa shape index (κ1) is 18.1. The number of amides is 2. The summed E-state index contributed by atoms with van der Waals surface area (Å²) in [5, 5.41) is 11.1. The van der Waals surface area contributed by atoms with Crippen molar-refractivity contribution in [3.63, 3.8) is 0 Å². The fraction of sp³-hybridized carbons (Fsp3) is 0.824. The Kier molecular flexibility index (Phi) is 5.90. The third-order valence-corrected chi connectivity index (χ3v) is 5.26. The van der Waals surface area contributed by atoms with E-state index >= 15 is 0 Å². The number of methoxy groups -OCH3 is 1. The van der Waals surface area contributed by atoms with Crippen LogP contribution in [0.1, 0.15) is 44.3 Å². The smallest absolute Gasteiger partial charge is 0.317 e. The Morgan fingerprint density at radius 1 is 1.48 bits per heavy atom. The van der Waals surface area contributed by atoms with Crippen LogP contribution in [0.3, 0.4) is 0 Å². The van der Waals surface area contributed by atoms with E-state index in [4.69, 9.17) is 9.47 Å². The lowest BCUT2D eigenvalue weighted by Gasteiger charge is -2.32. The SMILES string of the molecule is COCCn1cnnc1CN(C)C(=O)N[C@@H]1COC2(CCCCC2)C1. The molecule has 8 nitrogen and oxygen atoms in total. The number of carbonyl (C=O) groups excluding carboxylic acids is 1. The van der Waals surface area contributed by atoms with Gasteiger partial charge in [-0.15, -0.1) is 10.2 Å². The fourth-order valence-electron chi connectivity index (χ4n) is 3.83. The molecule has 1 aromatic heterocycles. The zero-order valence-electron chi connectivity index (χ0n) is 15.2. The summed E-state index contributed by atoms with van der Waals surface area (Å²) >= 11 is 0. The highest BCUT2D eigenvalue weighted by Crippen LogP contribution is 2.39. The average molecular weight is 351 g/mol. The van der Waals surface area contributed by atoms with E-state index in [9.17, 15) is 4.79 Å². The Morgan fingerprint density at radius 2 is 2.28 bits per heavy atom. The lowest BCUT2D eigenvalue weighted by atomic mass is 9.82. The van der Waals surface area contributed by atoms with Crippen LogP contribution in [0.4, 0.5) is 4.79 Å². The van der Waals surface area contributed by atoms with Gasteiger partial charge in [-0.25, -0.2) is 4.79 Å². The first-order valence-corrected chi connectivity index (χ1v) is 9.13. The minimum Gasteiger partial charge on any atom is -0.383 e. The maximum absolute atomic E-state index is 12.5. The third-order valence-electron chi connectivity index (χ3n) is 5.26. The minimum absolute atomic E-state index is 0.00902. The van der Waals surface area contributed by atoms with Gasteiger partial charge in [0, 0.05) is 20.7 Å². The Bertz CT molecular complexity index is 570. The molecule has 0 bridgehead atoms. The summed E-state index contributed by atoms with van der Waals surface area (Å²) in [6.07, 6.45) is 8.61. The van der Waals surface area contributed by atoms with Crippen molar-refractivity contribution in [1.82, 2.24) is 25.0 Å². The molecule has 2 amide bonds. The van der Waals surface area contributed by atoms with Crippen molar-refractivity contribution < 1.29 is 14.3 Å². The van der Waals surface area contributed by atoms with E-state index < -0.39 is 0 Å². The molecule has 2 fully saturated rings. The van der Waals surface area contributed by atoms with E-state index in [0.29, 0.717) is 26.3 Å². The summed E-state index contributed by atoms with van der Waals surface area (Å²) in [7, 11) is 3.43. The predicted octanol–water partition coefficient (Wildman–Crippen LogP) is 1.56. The molecule has 1 saturated carbocycles. The molecule has 140 valence electrons. The highest BCUT2D eigenvalue weighted by molar-refractivity contribution is 5.74. The van der Waals surface area contributed by atoms with E-state index in [-0.39, 0.29) is 17.7 Å². The molecule has 1 spiro atoms. The van der Waals surface area contributed by atoms with Gasteiger partial charge in [0.1, 0.15) is 6.33 Å². The molecule has 0 unspecified atom stereocenters. The molecule has 1 aliphatic heterocycles. The van der Waals surface area contributed by atoms with Gasteiger partial charge >= 0.3 is 6.03 Å². The monoisotopic (exact) mass is 351 g/mol. The molecule has 0 radical (unpaired) electrons. The zero-order chi connectivity index (χ0) is 17.7. The van der Waals surface area contributed by atoms with Gasteiger partial charge in [-0.2, -0.15) is 0 Å². The number of hydrogen-bond acceptors (Lipinski definition) is 5. The van der Waals surface area contributed by atoms with Gasteiger partial charge < -0.3 is 24.3 Å². The third kappa shape index (κ3) is 4.49. The summed E-state index contributed by atoms with van der Waals surface area (Å²) in [5.74, 6) is 0.751. The number of aromatic nitrogens is 3. The van der Waals surface area contributed by atoms with Crippen LogP contribution in [0.2, 0.25) is 0 Å². The molecule has 3 rings (SSSR count). The second-order valence-electron chi connectivity index (χ2n) is 7.19. The van der Waals surface area contributed by atoms with Gasteiger partial charge in [-0.1, -0.05) is 19.3 Å². The van der Waals surface area contributed by atoms with Crippen molar-refractivity contribution in [3.8, 4) is 0 Å². The van der Waals surface area contributed by atoms with Crippen molar-refractivity contribution >= 4 is 6.03 Å². The molecule has 1 aromatic rings. The normalized spacial score (nSPS) is 22.2. The first-order valence-electron chi connectivity index (χ1n) is 9.13. The maximum Gasteiger partial charge on any atom is 0.317 e. The Hall–Kier alpha value is -1.67. The van der Waals surface area contributed by atoms with E-state index in [1.54, 1.807) is 25.4 Å². The minimum atomic E-state index is -0.0947. The van der Waals surface area contributed by atoms with Crippen molar-refractivity contribution in [2.24, 2.45) is 0 Å². The van der Waals surface area contributed by atoms with Gasteiger partial charge in [0.05, 0.1) is 31.4 Å². The second-order valence-corrected chi connectivity index (χ2v) is 7.19. The fourth-order valence-corrected chi connectivity index (χ4v) is 3.83. The van der Waals surface area contributed by atoms with E-state index in [1.807, 2.05) is 4.57 Å². The van der Waals surface area contributed by atoms with Crippen molar-refractivity contribution in [2.75, 3.05) is 27.4 Å². The molecule has 2 heterocycles. The van der Waals surface area contributed by atoms with Crippen LogP contribution in [-0.4, -0.2) is 64.7 Å². The second kappa shape index (κ2) is 8.14. The predicted molar refractivity (Wildman–Crippen MR) is 92.1 cm³/mol. The Morgan fingerprint density at radius 3 is 3.04 bits per heavy atom. The standard InChI is InChI=1S/C17H29N5O3/c1-21(11-15-20-18-13-22(15)8-9-24-2)16(23)19-14-10-17(25-12-14)6-4-3-5-7-17/h13-14H,3-12H2,1-2H3,(H,19,23)/t14-/m0/s1. The van der Waals surface area contributed by atoms with Gasteiger partial charge in [-0.3, -0.25) is 0 Å². The summed E-state index contributed by atoms with van der Waals surface area (Å²) in [6.45, 7) is 2.29. The summed E-state index contributed by atoms with van der Waals surface area (Å²) in [4.78, 5) is 14.1. The summed E-state index contributed by atoms with van der Waals surface area (Å²) in [5.41, 5.74) is 0.00902. The van der Waals surface area contributed by atoms with E-state index in [1.165, 1.54) is 19.3 Å². The Labute approximate surface area is 148 Å². The number of nitrogens with one attached hydrogen (secondary N) is 1. The average Bonchev–Trinajstić information content (AvgIpc) is 3.21. The molecule has 1 atom stereocenters. The molecule has 1 N–H and O–H groups in total. The molecule has 8 heteroatoms. The van der Waals surface area contributed by atoms with Crippen molar-refractivity contribution in [2.45, 2.75) is 63.3 Å². The maximum atomic E-state index is 12.5. The quantitative estimate of drug-likeness (QED) is 0.841. The van der Waals surface area contributed by atoms with Gasteiger partial charge in [-0.05, 0) is 19.3 Å². The van der Waals surface area contributed by atoms with Crippen LogP contribution in [0.25, 0.3) is 0 Å². The van der Waals surface area contributed by atoms with Crippen LogP contribution in [0, 0.1) is 0 Å². The largest absolute Gasteiger partial charge is 0.383 e. The van der Waals surface area contributed by atoms with Crippen LogP contribution in [-0.2, 0) is 22.6 Å². The van der Waals surface area contributed by atoms with Crippen LogP contribution in [0.5, 0.6) is 0 Å². The topological polar surface area (TPSA) is 81.5 Å². The van der Waals surface area contributed by atoms with Crippen LogP contribution < -0.4 is 5.32 Å². The zero-order valence-corrected chi connectivity index (χ0v) is 15.2. The molecular formula is C17H29N5O3. The first-order chi connectivity index (χ1) is 12.1. The molecule has 2 aliphatic rings. The van der Waals surface area contributed by atoms with Gasteiger partial charge in [0.25, 0.3) is 0 Å². The van der Waals surface area contributed by atoms with Crippen molar-refractivity contribution in [1.29, 1.82) is 0 Å². The van der Waals surface area contributed by atoms with Gasteiger partial charge in [0.2, 0.25) is 0 Å². The number of hydrogen-bond donors (Lipinski definition) is 1. The molecule has 0 aromatic carbocycles. The molecule has 1 saturated heterocycles. The highest BCUT2D eigenvalue weighted by Gasteiger charge is 2.41. The Balaban J connectivity index is 1.49. The molecule has 1 aliphatic carbocycles. The van der Waals surface area contributed by atoms with Gasteiger partial charge in [0.15, 0.2) is 5.82 Å². The van der Waals surface area contributed by atoms with Crippen LogP contribution >= 0.6 is 0 Å². The lowest BCUT2D eigenvalue weighted by molar-refractivity contribution is -0.0246. The van der Waals surface area contributed by atoms with Crippen LogP contribution in [0.15, 0.2) is 6.33 Å². The van der Waals surface area contributed by atoms with E-state index in [0.717, 1.165) is 25.1 Å². The molecular weight excluding hydrogens is 322 g/mol.